The minimum Gasteiger partial charge on any atom is -0.321 e. The van der Waals surface area contributed by atoms with Crippen molar-refractivity contribution in [3.63, 3.8) is 0 Å². The van der Waals surface area contributed by atoms with Crippen molar-refractivity contribution in [3.05, 3.63) is 63.4 Å². The van der Waals surface area contributed by atoms with Gasteiger partial charge in [-0.05, 0) is 72.6 Å². The highest BCUT2D eigenvalue weighted by atomic mass is 79.9. The molecule has 1 aromatic heterocycles. The van der Waals surface area contributed by atoms with Crippen LogP contribution in [0.3, 0.4) is 0 Å². The van der Waals surface area contributed by atoms with Crippen LogP contribution >= 0.6 is 15.9 Å². The maximum Gasteiger partial charge on any atom is 0.255 e. The molecule has 0 aliphatic heterocycles. The predicted octanol–water partition coefficient (Wildman–Crippen LogP) is 4.57. The summed E-state index contributed by atoms with van der Waals surface area (Å²) in [5.41, 5.74) is 5.72. The number of aromatic nitrogens is 2. The van der Waals surface area contributed by atoms with Crippen molar-refractivity contribution in [3.8, 4) is 0 Å². The highest BCUT2D eigenvalue weighted by Gasteiger charge is 2.10. The Bertz CT molecular complexity index is 922. The zero-order chi connectivity index (χ0) is 16.6. The molecule has 1 heterocycles. The molecule has 4 nitrogen and oxygen atoms in total. The van der Waals surface area contributed by atoms with E-state index in [1.807, 2.05) is 45.0 Å². The first-order chi connectivity index (χ1) is 10.9. The van der Waals surface area contributed by atoms with Crippen LogP contribution in [0.1, 0.15) is 27.3 Å². The van der Waals surface area contributed by atoms with Crippen molar-refractivity contribution in [2.24, 2.45) is 0 Å². The average molecular weight is 370 g/mol. The van der Waals surface area contributed by atoms with Crippen molar-refractivity contribution < 1.29 is 4.79 Å². The van der Waals surface area contributed by atoms with Gasteiger partial charge in [-0.3, -0.25) is 4.79 Å². The molecule has 116 valence electrons. The van der Waals surface area contributed by atoms with Gasteiger partial charge in [-0.1, -0.05) is 6.07 Å². The molecule has 0 fully saturated rings. The minimum atomic E-state index is -0.170. The topological polar surface area (TPSA) is 54.9 Å². The molecule has 23 heavy (non-hydrogen) atoms. The third-order valence-corrected chi connectivity index (χ3v) is 4.37. The molecule has 0 bridgehead atoms. The van der Waals surface area contributed by atoms with E-state index >= 15 is 0 Å². The lowest BCUT2D eigenvalue weighted by molar-refractivity contribution is 0.102. The number of nitrogens with one attached hydrogen (secondary N) is 1. The van der Waals surface area contributed by atoms with Gasteiger partial charge in [0, 0.05) is 10.0 Å². The molecular weight excluding hydrogens is 354 g/mol. The molecule has 0 aliphatic rings. The first kappa shape index (κ1) is 15.6. The summed E-state index contributed by atoms with van der Waals surface area (Å²) in [6.45, 7) is 5.85. The lowest BCUT2D eigenvalue weighted by Crippen LogP contribution is -2.12. The monoisotopic (exact) mass is 369 g/mol. The molecule has 3 rings (SSSR count). The Hall–Kier alpha value is -2.27. The van der Waals surface area contributed by atoms with E-state index in [9.17, 15) is 4.79 Å². The zero-order valence-electron chi connectivity index (χ0n) is 13.1. The SMILES string of the molecule is Cc1ccc(NC(=O)c2ccc3nc(C)c(C)nc3c2)c(Br)c1. The third kappa shape index (κ3) is 3.24. The number of carbonyl (C=O) groups excluding carboxylic acids is 1. The van der Waals surface area contributed by atoms with Crippen LogP contribution < -0.4 is 5.32 Å². The number of carbonyl (C=O) groups is 1. The number of halogens is 1. The molecular formula is C18H16BrN3O. The Kier molecular flexibility index (Phi) is 4.13. The maximum atomic E-state index is 12.5. The molecule has 1 amide bonds. The summed E-state index contributed by atoms with van der Waals surface area (Å²) in [6.07, 6.45) is 0. The lowest BCUT2D eigenvalue weighted by atomic mass is 10.1. The minimum absolute atomic E-state index is 0.170. The van der Waals surface area contributed by atoms with Gasteiger partial charge in [-0.15, -0.1) is 0 Å². The summed E-state index contributed by atoms with van der Waals surface area (Å²) in [7, 11) is 0. The molecule has 0 spiro atoms. The van der Waals surface area contributed by atoms with Crippen molar-refractivity contribution in [2.45, 2.75) is 20.8 Å². The van der Waals surface area contributed by atoms with E-state index in [0.717, 1.165) is 38.1 Å². The van der Waals surface area contributed by atoms with E-state index in [1.165, 1.54) is 0 Å². The van der Waals surface area contributed by atoms with Crippen LogP contribution in [0.15, 0.2) is 40.9 Å². The number of benzene rings is 2. The fraction of sp³-hybridized carbons (Fsp3) is 0.167. The lowest BCUT2D eigenvalue weighted by Gasteiger charge is -2.09. The fourth-order valence-electron chi connectivity index (χ4n) is 2.29. The molecule has 0 saturated carbocycles. The van der Waals surface area contributed by atoms with Crippen LogP contribution in [0.4, 0.5) is 5.69 Å². The van der Waals surface area contributed by atoms with Crippen LogP contribution in [0, 0.1) is 20.8 Å². The van der Waals surface area contributed by atoms with E-state index in [2.05, 4.69) is 31.2 Å². The number of aryl methyl sites for hydroxylation is 3. The highest BCUT2D eigenvalue weighted by molar-refractivity contribution is 9.10. The highest BCUT2D eigenvalue weighted by Crippen LogP contribution is 2.24. The van der Waals surface area contributed by atoms with Crippen LogP contribution in [0.5, 0.6) is 0 Å². The van der Waals surface area contributed by atoms with E-state index < -0.39 is 0 Å². The largest absolute Gasteiger partial charge is 0.321 e. The smallest absolute Gasteiger partial charge is 0.255 e. The standard InChI is InChI=1S/C18H16BrN3O/c1-10-4-6-15(14(19)8-10)22-18(23)13-5-7-16-17(9-13)21-12(3)11(2)20-16/h4-9H,1-3H3,(H,22,23). The molecule has 0 atom stereocenters. The first-order valence-corrected chi connectivity index (χ1v) is 8.06. The number of hydrogen-bond acceptors (Lipinski definition) is 3. The van der Waals surface area contributed by atoms with E-state index in [1.54, 1.807) is 12.1 Å². The second-order valence-electron chi connectivity index (χ2n) is 5.54. The summed E-state index contributed by atoms with van der Waals surface area (Å²) >= 11 is 3.47. The van der Waals surface area contributed by atoms with Gasteiger partial charge in [0.05, 0.1) is 28.1 Å². The van der Waals surface area contributed by atoms with Crippen LogP contribution in [-0.4, -0.2) is 15.9 Å². The molecule has 0 radical (unpaired) electrons. The summed E-state index contributed by atoms with van der Waals surface area (Å²) < 4.78 is 0.859. The number of fused-ring (bicyclic) bond motifs is 1. The van der Waals surface area contributed by atoms with Crippen molar-refractivity contribution in [1.29, 1.82) is 0 Å². The number of hydrogen-bond donors (Lipinski definition) is 1. The molecule has 2 aromatic carbocycles. The van der Waals surface area contributed by atoms with Gasteiger partial charge >= 0.3 is 0 Å². The Balaban J connectivity index is 1.93. The van der Waals surface area contributed by atoms with Gasteiger partial charge < -0.3 is 5.32 Å². The number of nitrogens with zero attached hydrogens (tertiary/aromatic N) is 2. The van der Waals surface area contributed by atoms with Crippen LogP contribution in [0.2, 0.25) is 0 Å². The van der Waals surface area contributed by atoms with Gasteiger partial charge in [-0.2, -0.15) is 0 Å². The Labute approximate surface area is 143 Å². The van der Waals surface area contributed by atoms with E-state index in [-0.39, 0.29) is 5.91 Å². The molecule has 0 saturated heterocycles. The molecule has 0 aliphatic carbocycles. The molecule has 1 N–H and O–H groups in total. The van der Waals surface area contributed by atoms with E-state index in [4.69, 9.17) is 0 Å². The van der Waals surface area contributed by atoms with Gasteiger partial charge in [0.1, 0.15) is 0 Å². The Morgan fingerprint density at radius 3 is 2.35 bits per heavy atom. The summed E-state index contributed by atoms with van der Waals surface area (Å²) in [4.78, 5) is 21.5. The first-order valence-electron chi connectivity index (χ1n) is 7.26. The summed E-state index contributed by atoms with van der Waals surface area (Å²) in [5.74, 6) is -0.170. The van der Waals surface area contributed by atoms with Crippen molar-refractivity contribution in [2.75, 3.05) is 5.32 Å². The van der Waals surface area contributed by atoms with Crippen LogP contribution in [0.25, 0.3) is 11.0 Å². The second-order valence-corrected chi connectivity index (χ2v) is 6.39. The van der Waals surface area contributed by atoms with Crippen molar-refractivity contribution >= 4 is 38.6 Å². The summed E-state index contributed by atoms with van der Waals surface area (Å²) in [5, 5.41) is 2.91. The quantitative estimate of drug-likeness (QED) is 0.719. The molecule has 3 aromatic rings. The second kappa shape index (κ2) is 6.08. The number of amides is 1. The van der Waals surface area contributed by atoms with Crippen molar-refractivity contribution in [1.82, 2.24) is 9.97 Å². The van der Waals surface area contributed by atoms with E-state index in [0.29, 0.717) is 5.56 Å². The Morgan fingerprint density at radius 1 is 0.957 bits per heavy atom. The van der Waals surface area contributed by atoms with Gasteiger partial charge in [0.2, 0.25) is 0 Å². The third-order valence-electron chi connectivity index (χ3n) is 3.71. The Morgan fingerprint density at radius 2 is 1.65 bits per heavy atom. The van der Waals surface area contributed by atoms with Gasteiger partial charge in [0.15, 0.2) is 0 Å². The molecule has 0 unspecified atom stereocenters. The van der Waals surface area contributed by atoms with Gasteiger partial charge in [-0.25, -0.2) is 9.97 Å². The van der Waals surface area contributed by atoms with Gasteiger partial charge in [0.25, 0.3) is 5.91 Å². The van der Waals surface area contributed by atoms with Crippen LogP contribution in [-0.2, 0) is 0 Å². The number of anilines is 1. The molecule has 5 heteroatoms. The summed E-state index contributed by atoms with van der Waals surface area (Å²) in [6, 6.07) is 11.2. The average Bonchev–Trinajstić information content (AvgIpc) is 2.50. The maximum absolute atomic E-state index is 12.5. The number of rotatable bonds is 2. The zero-order valence-corrected chi connectivity index (χ0v) is 14.7. The fourth-order valence-corrected chi connectivity index (χ4v) is 2.88. The normalized spacial score (nSPS) is 10.8. The predicted molar refractivity (Wildman–Crippen MR) is 95.8 cm³/mol.